The summed E-state index contributed by atoms with van der Waals surface area (Å²) in [6.45, 7) is 4.15. The second-order valence-electron chi connectivity index (χ2n) is 7.93. The van der Waals surface area contributed by atoms with E-state index in [1.54, 1.807) is 18.2 Å². The van der Waals surface area contributed by atoms with Crippen LogP contribution in [0.5, 0.6) is 28.7 Å². The van der Waals surface area contributed by atoms with Crippen LogP contribution in [0.25, 0.3) is 22.3 Å². The van der Waals surface area contributed by atoms with Gasteiger partial charge >= 0.3 is 10.1 Å². The summed E-state index contributed by atoms with van der Waals surface area (Å²) in [5.41, 5.74) is 2.69. The van der Waals surface area contributed by atoms with E-state index in [9.17, 15) is 17.9 Å². The summed E-state index contributed by atoms with van der Waals surface area (Å²) in [5, 5.41) is 10.6. The Labute approximate surface area is 204 Å². The Morgan fingerprint density at radius 2 is 1.60 bits per heavy atom. The molecule has 0 heterocycles. The first kappa shape index (κ1) is 25.9. The lowest BCUT2D eigenvalue weighted by Gasteiger charge is -2.21. The number of hydrogen-bond donors (Lipinski definition) is 1. The third-order valence-corrected chi connectivity index (χ3v) is 5.46. The van der Waals surface area contributed by atoms with Crippen LogP contribution in [0.15, 0.2) is 60.2 Å². The zero-order valence-corrected chi connectivity index (χ0v) is 20.9. The highest BCUT2D eigenvalue weighted by atomic mass is 32.2. The molecule has 0 aromatic heterocycles. The predicted molar refractivity (Wildman–Crippen MR) is 132 cm³/mol. The minimum atomic E-state index is -4.00. The van der Waals surface area contributed by atoms with Gasteiger partial charge in [-0.05, 0) is 61.4 Å². The third-order valence-electron chi connectivity index (χ3n) is 4.99. The number of rotatable bonds is 9. The Morgan fingerprint density at radius 3 is 2.14 bits per heavy atom. The van der Waals surface area contributed by atoms with Crippen LogP contribution in [0, 0.1) is 5.82 Å². The fourth-order valence-electron chi connectivity index (χ4n) is 3.42. The van der Waals surface area contributed by atoms with Gasteiger partial charge in [0, 0.05) is 5.56 Å². The van der Waals surface area contributed by atoms with Crippen molar-refractivity contribution in [3.8, 4) is 51.0 Å². The molecule has 35 heavy (non-hydrogen) atoms. The number of ether oxygens (including phenoxy) is 3. The summed E-state index contributed by atoms with van der Waals surface area (Å²) in [6, 6.07) is 11.9. The summed E-state index contributed by atoms with van der Waals surface area (Å²) in [6.07, 6.45) is 2.78. The van der Waals surface area contributed by atoms with Crippen LogP contribution >= 0.6 is 0 Å². The first-order valence-corrected chi connectivity index (χ1v) is 12.4. The fourth-order valence-corrected chi connectivity index (χ4v) is 3.88. The molecule has 0 unspecified atom stereocenters. The molecule has 0 bridgehead atoms. The minimum Gasteiger partial charge on any atom is -0.504 e. The van der Waals surface area contributed by atoms with E-state index in [4.69, 9.17) is 18.4 Å². The first-order chi connectivity index (χ1) is 16.5. The highest BCUT2D eigenvalue weighted by molar-refractivity contribution is 7.86. The minimum absolute atomic E-state index is 0.0983. The van der Waals surface area contributed by atoms with Crippen molar-refractivity contribution < 1.29 is 36.3 Å². The molecular formula is C26H27FO7S. The predicted octanol–water partition coefficient (Wildman–Crippen LogP) is 5.57. The molecule has 0 amide bonds. The highest BCUT2D eigenvalue weighted by Crippen LogP contribution is 2.51. The summed E-state index contributed by atoms with van der Waals surface area (Å²) in [4.78, 5) is 0. The van der Waals surface area contributed by atoms with Crippen molar-refractivity contribution in [2.24, 2.45) is 0 Å². The largest absolute Gasteiger partial charge is 0.504 e. The fraction of sp³-hybridized carbons (Fsp3) is 0.231. The first-order valence-electron chi connectivity index (χ1n) is 10.6. The number of methoxy groups -OCH3 is 2. The Kier molecular flexibility index (Phi) is 7.91. The van der Waals surface area contributed by atoms with Crippen LogP contribution in [0.2, 0.25) is 0 Å². The lowest BCUT2D eigenvalue weighted by atomic mass is 9.96. The lowest BCUT2D eigenvalue weighted by Crippen LogP contribution is -2.09. The van der Waals surface area contributed by atoms with E-state index in [1.165, 1.54) is 44.6 Å². The number of allylic oxidation sites excluding steroid dienone is 1. The molecule has 0 saturated heterocycles. The maximum atomic E-state index is 13.5. The highest BCUT2D eigenvalue weighted by Gasteiger charge is 2.26. The maximum Gasteiger partial charge on any atom is 0.306 e. The van der Waals surface area contributed by atoms with Crippen LogP contribution < -0.4 is 18.4 Å². The van der Waals surface area contributed by atoms with Gasteiger partial charge in [-0.1, -0.05) is 23.8 Å². The van der Waals surface area contributed by atoms with Gasteiger partial charge in [0.2, 0.25) is 0 Å². The van der Waals surface area contributed by atoms with E-state index >= 15 is 0 Å². The van der Waals surface area contributed by atoms with E-state index in [-0.39, 0.29) is 40.9 Å². The smallest absolute Gasteiger partial charge is 0.306 e. The van der Waals surface area contributed by atoms with E-state index < -0.39 is 15.9 Å². The van der Waals surface area contributed by atoms with Gasteiger partial charge < -0.3 is 23.5 Å². The van der Waals surface area contributed by atoms with Crippen molar-refractivity contribution >= 4 is 10.1 Å². The standard InChI is InChI=1S/C26H27FO7S/c1-16(2)12-13-33-22-11-8-18(14-21(22)28)24-23(31-3)15-20(17-6-9-19(27)10-7-17)25(32-4)26(24)34-35(5,29)30/h6-12,14-15,28H,13H2,1-5H3. The monoisotopic (exact) mass is 502 g/mol. The average Bonchev–Trinajstić information content (AvgIpc) is 2.78. The normalized spacial score (nSPS) is 11.0. The molecule has 0 radical (unpaired) electrons. The van der Waals surface area contributed by atoms with Crippen LogP contribution in [0.3, 0.4) is 0 Å². The third kappa shape index (κ3) is 6.24. The number of benzene rings is 3. The van der Waals surface area contributed by atoms with Crippen molar-refractivity contribution in [1.29, 1.82) is 0 Å². The summed E-state index contributed by atoms with van der Waals surface area (Å²) in [7, 11) is -1.21. The number of phenols is 1. The van der Waals surface area contributed by atoms with Gasteiger partial charge in [0.1, 0.15) is 18.2 Å². The molecule has 0 atom stereocenters. The van der Waals surface area contributed by atoms with Crippen LogP contribution in [0.1, 0.15) is 13.8 Å². The maximum absolute atomic E-state index is 13.5. The molecule has 1 N–H and O–H groups in total. The number of halogens is 1. The zero-order valence-electron chi connectivity index (χ0n) is 20.1. The van der Waals surface area contributed by atoms with Crippen LogP contribution in [-0.2, 0) is 10.1 Å². The Hall–Kier alpha value is -3.72. The molecule has 3 aromatic carbocycles. The second-order valence-corrected chi connectivity index (χ2v) is 9.51. The van der Waals surface area contributed by atoms with E-state index in [2.05, 4.69) is 0 Å². The van der Waals surface area contributed by atoms with Gasteiger partial charge in [-0.2, -0.15) is 8.42 Å². The molecule has 0 aliphatic heterocycles. The lowest BCUT2D eigenvalue weighted by molar-refractivity contribution is 0.335. The number of aromatic hydroxyl groups is 1. The number of phenolic OH excluding ortho intramolecular Hbond substituents is 1. The molecule has 3 rings (SSSR count). The second kappa shape index (κ2) is 10.7. The molecule has 0 saturated carbocycles. The van der Waals surface area contributed by atoms with Gasteiger partial charge in [-0.15, -0.1) is 0 Å². The summed E-state index contributed by atoms with van der Waals surface area (Å²) < 4.78 is 60.0. The zero-order chi connectivity index (χ0) is 25.8. The molecule has 0 spiro atoms. The molecule has 0 aliphatic carbocycles. The molecule has 0 aliphatic rings. The Bertz CT molecular complexity index is 1340. The van der Waals surface area contributed by atoms with Gasteiger partial charge in [0.05, 0.1) is 26.0 Å². The van der Waals surface area contributed by atoms with Crippen molar-refractivity contribution in [3.05, 3.63) is 66.0 Å². The Balaban J connectivity index is 2.24. The average molecular weight is 503 g/mol. The van der Waals surface area contributed by atoms with E-state index in [0.717, 1.165) is 11.8 Å². The topological polar surface area (TPSA) is 91.3 Å². The molecular weight excluding hydrogens is 475 g/mol. The molecule has 9 heteroatoms. The van der Waals surface area contributed by atoms with Crippen molar-refractivity contribution in [3.63, 3.8) is 0 Å². The van der Waals surface area contributed by atoms with Crippen molar-refractivity contribution in [1.82, 2.24) is 0 Å². The van der Waals surface area contributed by atoms with Crippen LogP contribution in [0.4, 0.5) is 4.39 Å². The Morgan fingerprint density at radius 1 is 0.943 bits per heavy atom. The van der Waals surface area contributed by atoms with Gasteiger partial charge in [0.25, 0.3) is 0 Å². The molecule has 3 aromatic rings. The molecule has 186 valence electrons. The summed E-state index contributed by atoms with van der Waals surface area (Å²) >= 11 is 0. The summed E-state index contributed by atoms with van der Waals surface area (Å²) in [5.74, 6) is -0.107. The van der Waals surface area contributed by atoms with Gasteiger partial charge in [-0.25, -0.2) is 4.39 Å². The quantitative estimate of drug-likeness (QED) is 0.302. The van der Waals surface area contributed by atoms with Gasteiger partial charge in [-0.3, -0.25) is 0 Å². The van der Waals surface area contributed by atoms with Crippen molar-refractivity contribution in [2.75, 3.05) is 27.1 Å². The molecule has 0 fully saturated rings. The van der Waals surface area contributed by atoms with Crippen molar-refractivity contribution in [2.45, 2.75) is 13.8 Å². The molecule has 7 nitrogen and oxygen atoms in total. The van der Waals surface area contributed by atoms with E-state index in [1.807, 2.05) is 19.9 Å². The SMILES string of the molecule is COc1cc(-c2ccc(F)cc2)c(OC)c(OS(C)(=O)=O)c1-c1ccc(OCC=C(C)C)c(O)c1. The van der Waals surface area contributed by atoms with E-state index in [0.29, 0.717) is 16.7 Å². The number of hydrogen-bond acceptors (Lipinski definition) is 7. The van der Waals surface area contributed by atoms with Crippen LogP contribution in [-0.4, -0.2) is 40.6 Å². The van der Waals surface area contributed by atoms with Gasteiger partial charge in [0.15, 0.2) is 23.0 Å².